The molecule has 0 aliphatic carbocycles. The van der Waals surface area contributed by atoms with Gasteiger partial charge in [0.1, 0.15) is 31.0 Å². The number of methoxy groups -OCH3 is 1. The van der Waals surface area contributed by atoms with E-state index in [4.69, 9.17) is 9.47 Å². The Morgan fingerprint density at radius 2 is 1.79 bits per heavy atom. The highest BCUT2D eigenvalue weighted by Gasteiger charge is 2.35. The van der Waals surface area contributed by atoms with Crippen molar-refractivity contribution in [3.8, 4) is 11.5 Å². The van der Waals surface area contributed by atoms with Crippen molar-refractivity contribution in [1.29, 1.82) is 0 Å². The maximum atomic E-state index is 15.7. The number of likely N-dealkylation sites (tertiary alicyclic amines) is 1. The van der Waals surface area contributed by atoms with Crippen molar-refractivity contribution in [3.63, 3.8) is 0 Å². The fourth-order valence-electron chi connectivity index (χ4n) is 5.06. The Hall–Kier alpha value is -2.98. The lowest BCUT2D eigenvalue weighted by atomic mass is 9.74. The molecule has 4 rings (SSSR count). The number of piperidine rings is 1. The molecule has 0 saturated carbocycles. The Labute approximate surface area is 218 Å². The highest BCUT2D eigenvalue weighted by atomic mass is 19.2. The van der Waals surface area contributed by atoms with Gasteiger partial charge in [-0.25, -0.2) is 22.0 Å². The zero-order valence-corrected chi connectivity index (χ0v) is 21.2. The van der Waals surface area contributed by atoms with E-state index in [0.717, 1.165) is 12.1 Å². The van der Waals surface area contributed by atoms with E-state index in [9.17, 15) is 22.7 Å². The number of hydrogen-bond acceptors (Lipinski definition) is 5. The van der Waals surface area contributed by atoms with Crippen LogP contribution in [0.1, 0.15) is 43.0 Å². The summed E-state index contributed by atoms with van der Waals surface area (Å²) in [5, 5.41) is 10.7. The van der Waals surface area contributed by atoms with Crippen LogP contribution in [-0.4, -0.2) is 54.9 Å². The highest BCUT2D eigenvalue weighted by Crippen LogP contribution is 2.41. The van der Waals surface area contributed by atoms with Gasteiger partial charge < -0.3 is 14.6 Å². The first-order chi connectivity index (χ1) is 18.3. The maximum Gasteiger partial charge on any atom is 0.194 e. The van der Waals surface area contributed by atoms with Gasteiger partial charge in [-0.2, -0.15) is 0 Å². The fourth-order valence-corrected chi connectivity index (χ4v) is 5.06. The summed E-state index contributed by atoms with van der Waals surface area (Å²) in [6.07, 6.45) is 1.71. The van der Waals surface area contributed by atoms with E-state index in [1.54, 1.807) is 18.2 Å². The predicted octanol–water partition coefficient (Wildman–Crippen LogP) is 6.07. The van der Waals surface area contributed by atoms with Gasteiger partial charge in [-0.1, -0.05) is 0 Å². The summed E-state index contributed by atoms with van der Waals surface area (Å²) in [6, 6.07) is 6.70. The summed E-state index contributed by atoms with van der Waals surface area (Å²) in [5.41, 5.74) is 0.556. The molecule has 1 saturated heterocycles. The quantitative estimate of drug-likeness (QED) is 0.237. The number of nitrogens with zero attached hydrogens (tertiary/aromatic N) is 2. The smallest absolute Gasteiger partial charge is 0.194 e. The number of ether oxygens (including phenoxy) is 2. The molecular weight excluding hydrogens is 507 g/mol. The van der Waals surface area contributed by atoms with Crippen molar-refractivity contribution in [1.82, 2.24) is 9.88 Å². The Morgan fingerprint density at radius 1 is 1.08 bits per heavy atom. The molecule has 206 valence electrons. The Kier molecular flexibility index (Phi) is 9.04. The molecule has 0 amide bonds. The lowest BCUT2D eigenvalue weighted by Gasteiger charge is -2.41. The molecule has 2 heterocycles. The summed E-state index contributed by atoms with van der Waals surface area (Å²) in [7, 11) is 1.51. The second-order valence-corrected chi connectivity index (χ2v) is 9.77. The SMILES string of the molecule is COc1ccc2ncc(CF)c(C(F)CCC3(CO)CCN(CCOc4cc(F)c(F)c(F)c4)CC3)c2c1. The van der Waals surface area contributed by atoms with Gasteiger partial charge >= 0.3 is 0 Å². The van der Waals surface area contributed by atoms with E-state index in [2.05, 4.69) is 9.88 Å². The molecule has 0 bridgehead atoms. The van der Waals surface area contributed by atoms with Crippen LogP contribution >= 0.6 is 0 Å². The number of aliphatic hydroxyl groups excluding tert-OH is 1. The zero-order valence-electron chi connectivity index (χ0n) is 21.2. The molecule has 1 atom stereocenters. The van der Waals surface area contributed by atoms with Gasteiger partial charge in [-0.15, -0.1) is 0 Å². The Morgan fingerprint density at radius 3 is 2.42 bits per heavy atom. The molecule has 2 aromatic carbocycles. The number of aliphatic hydroxyl groups is 1. The molecule has 38 heavy (non-hydrogen) atoms. The van der Waals surface area contributed by atoms with Crippen LogP contribution in [0.15, 0.2) is 36.5 Å². The van der Waals surface area contributed by atoms with Gasteiger partial charge in [0.05, 0.1) is 12.6 Å². The number of benzene rings is 2. The second-order valence-electron chi connectivity index (χ2n) is 9.77. The Balaban J connectivity index is 1.34. The molecule has 1 unspecified atom stereocenters. The molecule has 1 aliphatic heterocycles. The van der Waals surface area contributed by atoms with Crippen LogP contribution in [0.3, 0.4) is 0 Å². The summed E-state index contributed by atoms with van der Waals surface area (Å²) >= 11 is 0. The minimum Gasteiger partial charge on any atom is -0.497 e. The van der Waals surface area contributed by atoms with Crippen LogP contribution in [0.2, 0.25) is 0 Å². The molecule has 1 N–H and O–H groups in total. The van der Waals surface area contributed by atoms with Crippen LogP contribution in [-0.2, 0) is 6.67 Å². The van der Waals surface area contributed by atoms with Crippen molar-refractivity contribution in [2.75, 3.05) is 40.0 Å². The first-order valence-electron chi connectivity index (χ1n) is 12.6. The summed E-state index contributed by atoms with van der Waals surface area (Å²) in [5.74, 6) is -3.72. The number of pyridine rings is 1. The van der Waals surface area contributed by atoms with Gasteiger partial charge in [0, 0.05) is 48.0 Å². The van der Waals surface area contributed by atoms with E-state index < -0.39 is 35.7 Å². The monoisotopic (exact) mass is 538 g/mol. The molecular formula is C28H31F5N2O3. The first-order valence-corrected chi connectivity index (χ1v) is 12.6. The molecule has 1 aromatic heterocycles. The van der Waals surface area contributed by atoms with Gasteiger partial charge in [-0.3, -0.25) is 9.88 Å². The number of rotatable bonds is 11. The second kappa shape index (κ2) is 12.3. The van der Waals surface area contributed by atoms with Crippen LogP contribution < -0.4 is 9.47 Å². The molecule has 0 spiro atoms. The standard InChI is InChI=1S/C28H31F5N2O3/c1-37-19-2-3-25-21(12-19)26(18(15-29)16-34-25)22(30)4-5-28(17-36)6-8-35(9-7-28)10-11-38-20-13-23(31)27(33)24(32)14-20/h2-3,12-14,16,22,36H,4-11,15,17H2,1H3. The van der Waals surface area contributed by atoms with E-state index in [1.807, 2.05) is 0 Å². The molecule has 5 nitrogen and oxygen atoms in total. The van der Waals surface area contributed by atoms with E-state index in [1.165, 1.54) is 13.3 Å². The van der Waals surface area contributed by atoms with Crippen molar-refractivity contribution >= 4 is 10.9 Å². The minimum atomic E-state index is -1.54. The third-order valence-electron chi connectivity index (χ3n) is 7.47. The lowest BCUT2D eigenvalue weighted by molar-refractivity contribution is 0.0265. The fraction of sp³-hybridized carbons (Fsp3) is 0.464. The third-order valence-corrected chi connectivity index (χ3v) is 7.47. The largest absolute Gasteiger partial charge is 0.497 e. The third kappa shape index (κ3) is 6.18. The topological polar surface area (TPSA) is 54.8 Å². The molecule has 3 aromatic rings. The maximum absolute atomic E-state index is 15.7. The van der Waals surface area contributed by atoms with Gasteiger partial charge in [0.25, 0.3) is 0 Å². The number of alkyl halides is 2. The van der Waals surface area contributed by atoms with Crippen molar-refractivity contribution < 1.29 is 36.5 Å². The van der Waals surface area contributed by atoms with E-state index >= 15 is 4.39 Å². The van der Waals surface area contributed by atoms with Gasteiger partial charge in [-0.05, 0) is 62.4 Å². The van der Waals surface area contributed by atoms with E-state index in [0.29, 0.717) is 55.5 Å². The number of fused-ring (bicyclic) bond motifs is 1. The van der Waals surface area contributed by atoms with Crippen molar-refractivity contribution in [2.45, 2.75) is 38.5 Å². The van der Waals surface area contributed by atoms with Crippen molar-refractivity contribution in [3.05, 3.63) is 65.1 Å². The predicted molar refractivity (Wildman–Crippen MR) is 133 cm³/mol. The van der Waals surface area contributed by atoms with Crippen LogP contribution in [0, 0.1) is 22.9 Å². The van der Waals surface area contributed by atoms with Crippen LogP contribution in [0.4, 0.5) is 22.0 Å². The summed E-state index contributed by atoms with van der Waals surface area (Å²) in [6.45, 7) is 0.928. The van der Waals surface area contributed by atoms with Gasteiger partial charge in [0.15, 0.2) is 17.5 Å². The van der Waals surface area contributed by atoms with Crippen molar-refractivity contribution in [2.24, 2.45) is 5.41 Å². The van der Waals surface area contributed by atoms with Crippen LogP contribution in [0.5, 0.6) is 11.5 Å². The molecule has 10 heteroatoms. The average Bonchev–Trinajstić information content (AvgIpc) is 2.94. The summed E-state index contributed by atoms with van der Waals surface area (Å²) < 4.78 is 79.9. The van der Waals surface area contributed by atoms with E-state index in [-0.39, 0.29) is 36.5 Å². The Bertz CT molecular complexity index is 1220. The number of hydrogen-bond donors (Lipinski definition) is 1. The molecule has 1 aliphatic rings. The summed E-state index contributed by atoms with van der Waals surface area (Å²) in [4.78, 5) is 6.33. The van der Waals surface area contributed by atoms with Gasteiger partial charge in [0.2, 0.25) is 0 Å². The number of aromatic nitrogens is 1. The normalized spacial score (nSPS) is 16.5. The lowest BCUT2D eigenvalue weighted by Crippen LogP contribution is -2.43. The average molecular weight is 539 g/mol. The first kappa shape index (κ1) is 28.0. The molecule has 1 fully saturated rings. The van der Waals surface area contributed by atoms with Crippen LogP contribution in [0.25, 0.3) is 10.9 Å². The minimum absolute atomic E-state index is 0.0917. The highest BCUT2D eigenvalue weighted by molar-refractivity contribution is 5.85. The zero-order chi connectivity index (χ0) is 27.3. The number of halogens is 5. The molecule has 0 radical (unpaired) electrons.